The molecule has 1 fully saturated rings. The summed E-state index contributed by atoms with van der Waals surface area (Å²) in [5, 5.41) is 8.30. The monoisotopic (exact) mass is 467 g/mol. The second kappa shape index (κ2) is 8.85. The highest BCUT2D eigenvalue weighted by Gasteiger charge is 2.51. The van der Waals surface area contributed by atoms with Gasteiger partial charge in [-0.3, -0.25) is 9.48 Å². The number of rotatable bonds is 8. The van der Waals surface area contributed by atoms with E-state index in [0.717, 1.165) is 16.8 Å². The fourth-order valence-electron chi connectivity index (χ4n) is 4.16. The molecule has 180 valence electrons. The van der Waals surface area contributed by atoms with E-state index in [2.05, 4.69) is 10.3 Å². The van der Waals surface area contributed by atoms with Crippen molar-refractivity contribution in [1.82, 2.24) is 19.8 Å². The number of nitrogens with zero attached hydrogens (tertiary/aromatic N) is 5. The number of hydrogen-bond acceptors (Lipinski definition) is 7. The van der Waals surface area contributed by atoms with E-state index in [-0.39, 0.29) is 11.9 Å². The highest BCUT2D eigenvalue weighted by molar-refractivity contribution is 6.22. The Morgan fingerprint density at radius 2 is 1.82 bits per heavy atom. The van der Waals surface area contributed by atoms with Gasteiger partial charge in [-0.05, 0) is 51.8 Å². The van der Waals surface area contributed by atoms with Crippen LogP contribution in [0.25, 0.3) is 0 Å². The Labute approximate surface area is 198 Å². The molecule has 1 aromatic carbocycles. The van der Waals surface area contributed by atoms with Crippen molar-refractivity contribution in [2.24, 2.45) is 0 Å². The van der Waals surface area contributed by atoms with Gasteiger partial charge in [-0.25, -0.2) is 9.69 Å². The summed E-state index contributed by atoms with van der Waals surface area (Å²) in [6.45, 7) is 8.03. The van der Waals surface area contributed by atoms with E-state index < -0.39 is 5.54 Å². The molecular formula is C24H29N5O5. The van der Waals surface area contributed by atoms with E-state index in [9.17, 15) is 9.59 Å². The minimum Gasteiger partial charge on any atom is -0.493 e. The van der Waals surface area contributed by atoms with Gasteiger partial charge in [-0.15, -0.1) is 0 Å². The molecule has 0 spiro atoms. The molecule has 10 nitrogen and oxygen atoms in total. The second-order valence-corrected chi connectivity index (χ2v) is 8.77. The van der Waals surface area contributed by atoms with Gasteiger partial charge in [0.2, 0.25) is 0 Å². The molecule has 0 saturated carbocycles. The van der Waals surface area contributed by atoms with Crippen LogP contribution in [0.15, 0.2) is 35.1 Å². The van der Waals surface area contributed by atoms with E-state index in [1.165, 1.54) is 11.1 Å². The van der Waals surface area contributed by atoms with Crippen molar-refractivity contribution in [3.05, 3.63) is 53.2 Å². The van der Waals surface area contributed by atoms with Gasteiger partial charge in [0.05, 0.1) is 38.3 Å². The average molecular weight is 468 g/mol. The quantitative estimate of drug-likeness (QED) is 0.468. The topological polar surface area (TPSA) is 103 Å². The zero-order chi connectivity index (χ0) is 24.6. The number of carbonyl (C=O) groups excluding carboxylic acids is 2. The lowest BCUT2D eigenvalue weighted by atomic mass is 10.0. The van der Waals surface area contributed by atoms with Gasteiger partial charge in [-0.2, -0.15) is 5.10 Å². The van der Waals surface area contributed by atoms with Gasteiger partial charge in [0.25, 0.3) is 5.91 Å². The van der Waals surface area contributed by atoms with Crippen molar-refractivity contribution in [2.45, 2.75) is 46.2 Å². The molecule has 0 atom stereocenters. The SMILES string of the molecule is COc1ccc(CCN2C(=O)N(c3cnn(Cc4c(C)noc4C)c3)C(=O)C2(C)C)cc1OC. The Hall–Kier alpha value is -3.82. The van der Waals surface area contributed by atoms with Gasteiger partial charge in [-0.1, -0.05) is 11.2 Å². The maximum atomic E-state index is 13.3. The smallest absolute Gasteiger partial charge is 0.332 e. The Kier molecular flexibility index (Phi) is 6.07. The number of imide groups is 1. The van der Waals surface area contributed by atoms with E-state index in [0.29, 0.717) is 42.5 Å². The second-order valence-electron chi connectivity index (χ2n) is 8.77. The normalized spacial score (nSPS) is 15.4. The van der Waals surface area contributed by atoms with Crippen molar-refractivity contribution in [3.63, 3.8) is 0 Å². The first-order valence-corrected chi connectivity index (χ1v) is 11.0. The number of hydrogen-bond donors (Lipinski definition) is 0. The first kappa shape index (κ1) is 23.3. The van der Waals surface area contributed by atoms with Crippen LogP contribution in [0.3, 0.4) is 0 Å². The molecule has 0 aliphatic carbocycles. The van der Waals surface area contributed by atoms with Gasteiger partial charge >= 0.3 is 6.03 Å². The molecule has 0 bridgehead atoms. The molecule has 4 rings (SSSR count). The molecule has 0 unspecified atom stereocenters. The average Bonchev–Trinajstić information content (AvgIpc) is 3.44. The van der Waals surface area contributed by atoms with Crippen LogP contribution in [0.1, 0.15) is 36.4 Å². The van der Waals surface area contributed by atoms with Crippen LogP contribution in [-0.2, 0) is 17.8 Å². The molecule has 0 radical (unpaired) electrons. The number of aromatic nitrogens is 3. The van der Waals surface area contributed by atoms with Crippen molar-refractivity contribution in [1.29, 1.82) is 0 Å². The first-order valence-electron chi connectivity index (χ1n) is 11.0. The van der Waals surface area contributed by atoms with Crippen molar-refractivity contribution in [3.8, 4) is 11.5 Å². The Morgan fingerprint density at radius 3 is 2.47 bits per heavy atom. The van der Waals surface area contributed by atoms with E-state index in [1.54, 1.807) is 43.8 Å². The summed E-state index contributed by atoms with van der Waals surface area (Å²) >= 11 is 0. The fourth-order valence-corrected chi connectivity index (χ4v) is 4.16. The summed E-state index contributed by atoms with van der Waals surface area (Å²) in [6, 6.07) is 5.26. The lowest BCUT2D eigenvalue weighted by Crippen LogP contribution is -2.45. The third-order valence-electron chi connectivity index (χ3n) is 6.27. The molecule has 1 aliphatic rings. The summed E-state index contributed by atoms with van der Waals surface area (Å²) in [5.74, 6) is 1.68. The summed E-state index contributed by atoms with van der Waals surface area (Å²) in [7, 11) is 3.16. The van der Waals surface area contributed by atoms with Crippen molar-refractivity contribution in [2.75, 3.05) is 25.7 Å². The molecule has 34 heavy (non-hydrogen) atoms. The van der Waals surface area contributed by atoms with Crippen LogP contribution in [0.4, 0.5) is 10.5 Å². The third-order valence-corrected chi connectivity index (χ3v) is 6.27. The summed E-state index contributed by atoms with van der Waals surface area (Å²) < 4.78 is 17.5. The Balaban J connectivity index is 1.52. The van der Waals surface area contributed by atoms with E-state index in [1.807, 2.05) is 32.0 Å². The first-order chi connectivity index (χ1) is 16.2. The molecule has 3 amide bonds. The van der Waals surface area contributed by atoms with Gasteiger partial charge in [0.15, 0.2) is 11.5 Å². The number of urea groups is 1. The number of amides is 3. The van der Waals surface area contributed by atoms with Gasteiger partial charge in [0.1, 0.15) is 11.3 Å². The number of carbonyl (C=O) groups is 2. The van der Waals surface area contributed by atoms with Crippen molar-refractivity contribution < 1.29 is 23.6 Å². The number of ether oxygens (including phenoxy) is 2. The molecule has 1 aliphatic heterocycles. The number of methoxy groups -OCH3 is 2. The molecule has 0 N–H and O–H groups in total. The van der Waals surface area contributed by atoms with Crippen LogP contribution >= 0.6 is 0 Å². The predicted octanol–water partition coefficient (Wildman–Crippen LogP) is 3.34. The maximum absolute atomic E-state index is 13.3. The minimum absolute atomic E-state index is 0.290. The standard InChI is InChI=1S/C24H29N5O5/c1-15-19(16(2)34-26-15)14-27-13-18(12-25-27)29-22(30)24(3,4)28(23(29)31)10-9-17-7-8-20(32-5)21(11-17)33-6/h7-8,11-13H,9-10,14H2,1-6H3. The molecule has 2 aromatic heterocycles. The maximum Gasteiger partial charge on any atom is 0.332 e. The Bertz CT molecular complexity index is 1210. The molecule has 1 saturated heterocycles. The number of benzene rings is 1. The van der Waals surface area contributed by atoms with Gasteiger partial charge in [0, 0.05) is 18.3 Å². The van der Waals surface area contributed by atoms with Gasteiger partial charge < -0.3 is 18.9 Å². The molecule has 10 heteroatoms. The fraction of sp³-hybridized carbons (Fsp3) is 0.417. The van der Waals surface area contributed by atoms with E-state index >= 15 is 0 Å². The predicted molar refractivity (Wildman–Crippen MR) is 124 cm³/mol. The summed E-state index contributed by atoms with van der Waals surface area (Å²) in [5.41, 5.74) is 2.12. The largest absolute Gasteiger partial charge is 0.493 e. The van der Waals surface area contributed by atoms with Crippen LogP contribution in [0.5, 0.6) is 11.5 Å². The highest BCUT2D eigenvalue weighted by atomic mass is 16.5. The lowest BCUT2D eigenvalue weighted by molar-refractivity contribution is -0.123. The molecule has 3 heterocycles. The van der Waals surface area contributed by atoms with E-state index in [4.69, 9.17) is 14.0 Å². The summed E-state index contributed by atoms with van der Waals surface area (Å²) in [6.07, 6.45) is 3.78. The number of aryl methyl sites for hydroxylation is 2. The van der Waals surface area contributed by atoms with Crippen molar-refractivity contribution >= 4 is 17.6 Å². The molecule has 3 aromatic rings. The zero-order valence-corrected chi connectivity index (χ0v) is 20.3. The van der Waals surface area contributed by atoms with Crippen LogP contribution < -0.4 is 14.4 Å². The summed E-state index contributed by atoms with van der Waals surface area (Å²) in [4.78, 5) is 29.4. The highest BCUT2D eigenvalue weighted by Crippen LogP contribution is 2.33. The minimum atomic E-state index is -0.989. The van der Waals surface area contributed by atoms with Crippen LogP contribution in [0, 0.1) is 13.8 Å². The Morgan fingerprint density at radius 1 is 1.09 bits per heavy atom. The van der Waals surface area contributed by atoms with Crippen LogP contribution in [-0.4, -0.2) is 58.1 Å². The zero-order valence-electron chi connectivity index (χ0n) is 20.3. The lowest BCUT2D eigenvalue weighted by Gasteiger charge is -2.27. The number of anilines is 1. The van der Waals surface area contributed by atoms with Crippen LogP contribution in [0.2, 0.25) is 0 Å². The third kappa shape index (κ3) is 4.00. The molecular weight excluding hydrogens is 438 g/mol.